The van der Waals surface area contributed by atoms with Gasteiger partial charge in [0.2, 0.25) is 0 Å². The minimum atomic E-state index is 0.254. The fourth-order valence-electron chi connectivity index (χ4n) is 1.99. The molecule has 0 spiro atoms. The Morgan fingerprint density at radius 2 is 2.06 bits per heavy atom. The molecule has 0 aliphatic heterocycles. The molecule has 0 aliphatic rings. The summed E-state index contributed by atoms with van der Waals surface area (Å²) in [4.78, 5) is 5.87. The third-order valence-corrected chi connectivity index (χ3v) is 3.77. The first-order valence-electron chi connectivity index (χ1n) is 5.76. The maximum atomic E-state index is 4.58. The van der Waals surface area contributed by atoms with Gasteiger partial charge in [-0.25, -0.2) is 4.98 Å². The van der Waals surface area contributed by atoms with Crippen molar-refractivity contribution in [1.29, 1.82) is 0 Å². The van der Waals surface area contributed by atoms with E-state index in [2.05, 4.69) is 41.3 Å². The lowest BCUT2D eigenvalue weighted by atomic mass is 10.1. The number of aromatic nitrogens is 3. The second-order valence-electron chi connectivity index (χ2n) is 4.32. The summed E-state index contributed by atoms with van der Waals surface area (Å²) >= 11 is 1.75. The number of H-pyrrole nitrogens is 1. The SMILES string of the molecule is Cc1nc(C(C)NC(C)c2cn[nH]c2)c(C)s1. The van der Waals surface area contributed by atoms with Crippen LogP contribution >= 0.6 is 11.3 Å². The van der Waals surface area contributed by atoms with Crippen molar-refractivity contribution in [2.24, 2.45) is 0 Å². The van der Waals surface area contributed by atoms with Crippen LogP contribution in [-0.4, -0.2) is 15.2 Å². The van der Waals surface area contributed by atoms with E-state index in [1.807, 2.05) is 19.3 Å². The van der Waals surface area contributed by atoms with E-state index >= 15 is 0 Å². The maximum absolute atomic E-state index is 4.58. The van der Waals surface area contributed by atoms with Crippen LogP contribution in [-0.2, 0) is 0 Å². The monoisotopic (exact) mass is 250 g/mol. The van der Waals surface area contributed by atoms with Crippen LogP contribution in [0, 0.1) is 13.8 Å². The lowest BCUT2D eigenvalue weighted by Crippen LogP contribution is -2.23. The van der Waals surface area contributed by atoms with Gasteiger partial charge >= 0.3 is 0 Å². The van der Waals surface area contributed by atoms with Crippen molar-refractivity contribution in [2.45, 2.75) is 39.8 Å². The van der Waals surface area contributed by atoms with Gasteiger partial charge in [0.15, 0.2) is 0 Å². The molecule has 17 heavy (non-hydrogen) atoms. The summed E-state index contributed by atoms with van der Waals surface area (Å²) in [6.07, 6.45) is 3.77. The van der Waals surface area contributed by atoms with E-state index in [-0.39, 0.29) is 12.1 Å². The first-order chi connectivity index (χ1) is 8.08. The highest BCUT2D eigenvalue weighted by Gasteiger charge is 2.16. The van der Waals surface area contributed by atoms with Crippen molar-refractivity contribution in [2.75, 3.05) is 0 Å². The number of aryl methyl sites for hydroxylation is 2. The van der Waals surface area contributed by atoms with Crippen LogP contribution in [0.2, 0.25) is 0 Å². The van der Waals surface area contributed by atoms with Crippen LogP contribution in [0.1, 0.15) is 47.1 Å². The predicted molar refractivity (Wildman–Crippen MR) is 70.1 cm³/mol. The average molecular weight is 250 g/mol. The molecule has 0 aliphatic carbocycles. The van der Waals surface area contributed by atoms with E-state index in [1.165, 1.54) is 10.4 Å². The molecular weight excluding hydrogens is 232 g/mol. The molecule has 92 valence electrons. The lowest BCUT2D eigenvalue weighted by molar-refractivity contribution is 0.486. The second kappa shape index (κ2) is 4.98. The molecule has 0 saturated heterocycles. The summed E-state index contributed by atoms with van der Waals surface area (Å²) in [6.45, 7) is 8.46. The summed E-state index contributed by atoms with van der Waals surface area (Å²) < 4.78 is 0. The molecule has 0 amide bonds. The van der Waals surface area contributed by atoms with Crippen molar-refractivity contribution in [1.82, 2.24) is 20.5 Å². The summed E-state index contributed by atoms with van der Waals surface area (Å²) in [6, 6.07) is 0.523. The fraction of sp³-hybridized carbons (Fsp3) is 0.500. The minimum absolute atomic E-state index is 0.254. The van der Waals surface area contributed by atoms with Gasteiger partial charge in [-0.2, -0.15) is 5.10 Å². The number of rotatable bonds is 4. The molecule has 0 radical (unpaired) electrons. The van der Waals surface area contributed by atoms with Gasteiger partial charge in [0.25, 0.3) is 0 Å². The summed E-state index contributed by atoms with van der Waals surface area (Å²) in [5.41, 5.74) is 2.32. The quantitative estimate of drug-likeness (QED) is 0.877. The molecule has 4 nitrogen and oxygen atoms in total. The minimum Gasteiger partial charge on any atom is -0.302 e. The molecule has 0 aromatic carbocycles. The zero-order chi connectivity index (χ0) is 12.4. The summed E-state index contributed by atoms with van der Waals surface area (Å²) in [5.74, 6) is 0. The molecule has 2 N–H and O–H groups in total. The zero-order valence-electron chi connectivity index (χ0n) is 10.6. The van der Waals surface area contributed by atoms with Crippen molar-refractivity contribution >= 4 is 11.3 Å². The van der Waals surface area contributed by atoms with E-state index < -0.39 is 0 Å². The van der Waals surface area contributed by atoms with Crippen LogP contribution < -0.4 is 5.32 Å². The zero-order valence-corrected chi connectivity index (χ0v) is 11.4. The van der Waals surface area contributed by atoms with E-state index in [0.717, 1.165) is 10.7 Å². The van der Waals surface area contributed by atoms with Crippen LogP contribution in [0.15, 0.2) is 12.4 Å². The summed E-state index contributed by atoms with van der Waals surface area (Å²) in [5, 5.41) is 11.5. The Morgan fingerprint density at radius 3 is 2.59 bits per heavy atom. The highest BCUT2D eigenvalue weighted by molar-refractivity contribution is 7.11. The van der Waals surface area contributed by atoms with Crippen LogP contribution in [0.4, 0.5) is 0 Å². The van der Waals surface area contributed by atoms with Crippen molar-refractivity contribution < 1.29 is 0 Å². The van der Waals surface area contributed by atoms with Gasteiger partial charge in [0, 0.05) is 28.7 Å². The van der Waals surface area contributed by atoms with Crippen LogP contribution in [0.5, 0.6) is 0 Å². The third kappa shape index (κ3) is 2.73. The smallest absolute Gasteiger partial charge is 0.0900 e. The summed E-state index contributed by atoms with van der Waals surface area (Å²) in [7, 11) is 0. The molecule has 2 atom stereocenters. The highest BCUT2D eigenvalue weighted by Crippen LogP contribution is 2.24. The highest BCUT2D eigenvalue weighted by atomic mass is 32.1. The second-order valence-corrected chi connectivity index (χ2v) is 5.72. The molecule has 2 heterocycles. The number of aromatic amines is 1. The Balaban J connectivity index is 2.06. The molecule has 2 aromatic rings. The maximum Gasteiger partial charge on any atom is 0.0900 e. The van der Waals surface area contributed by atoms with Gasteiger partial charge < -0.3 is 5.32 Å². The molecule has 0 fully saturated rings. The number of nitrogens with zero attached hydrogens (tertiary/aromatic N) is 2. The first kappa shape index (κ1) is 12.3. The Hall–Kier alpha value is -1.20. The molecule has 2 aromatic heterocycles. The topological polar surface area (TPSA) is 53.6 Å². The Labute approximate surface area is 105 Å². The predicted octanol–water partition coefficient (Wildman–Crippen LogP) is 2.89. The lowest BCUT2D eigenvalue weighted by Gasteiger charge is -2.18. The van der Waals surface area contributed by atoms with E-state index in [1.54, 1.807) is 11.3 Å². The van der Waals surface area contributed by atoms with Gasteiger partial charge in [-0.1, -0.05) is 0 Å². The van der Waals surface area contributed by atoms with Gasteiger partial charge in [0.05, 0.1) is 16.9 Å². The molecule has 2 rings (SSSR count). The van der Waals surface area contributed by atoms with Crippen LogP contribution in [0.25, 0.3) is 0 Å². The number of nitrogens with one attached hydrogen (secondary N) is 2. The molecule has 0 saturated carbocycles. The number of hydrogen-bond donors (Lipinski definition) is 2. The van der Waals surface area contributed by atoms with E-state index in [9.17, 15) is 0 Å². The standard InChI is InChI=1S/C12H18N4S/c1-7(11-5-13-14-6-11)15-8(2)12-9(3)17-10(4)16-12/h5-8,15H,1-4H3,(H,13,14). The normalized spacial score (nSPS) is 14.8. The Bertz CT molecular complexity index is 475. The first-order valence-corrected chi connectivity index (χ1v) is 6.58. The molecule has 0 bridgehead atoms. The fourth-order valence-corrected chi connectivity index (χ4v) is 2.91. The van der Waals surface area contributed by atoms with Crippen LogP contribution in [0.3, 0.4) is 0 Å². The van der Waals surface area contributed by atoms with Gasteiger partial charge in [-0.15, -0.1) is 11.3 Å². The van der Waals surface area contributed by atoms with Gasteiger partial charge in [-0.3, -0.25) is 5.10 Å². The Morgan fingerprint density at radius 1 is 1.29 bits per heavy atom. The van der Waals surface area contributed by atoms with Crippen molar-refractivity contribution in [3.63, 3.8) is 0 Å². The van der Waals surface area contributed by atoms with Crippen molar-refractivity contribution in [3.8, 4) is 0 Å². The van der Waals surface area contributed by atoms with Crippen molar-refractivity contribution in [3.05, 3.63) is 33.5 Å². The van der Waals surface area contributed by atoms with E-state index in [0.29, 0.717) is 0 Å². The molecular formula is C12H18N4S. The molecule has 5 heteroatoms. The third-order valence-electron chi connectivity index (χ3n) is 2.87. The molecule has 2 unspecified atom stereocenters. The van der Waals surface area contributed by atoms with Gasteiger partial charge in [0.1, 0.15) is 0 Å². The number of thiazole rings is 1. The number of hydrogen-bond acceptors (Lipinski definition) is 4. The van der Waals surface area contributed by atoms with E-state index in [4.69, 9.17) is 0 Å². The Kier molecular flexibility index (Phi) is 3.59. The van der Waals surface area contributed by atoms with Gasteiger partial charge in [-0.05, 0) is 27.7 Å². The largest absolute Gasteiger partial charge is 0.302 e. The average Bonchev–Trinajstić information content (AvgIpc) is 2.87.